The van der Waals surface area contributed by atoms with Crippen LogP contribution >= 0.6 is 11.6 Å². The number of pyridine rings is 1. The Hall–Kier alpha value is -0.430. The molecule has 1 aromatic heterocycles. The zero-order valence-electron chi connectivity index (χ0n) is 5.29. The summed E-state index contributed by atoms with van der Waals surface area (Å²) < 4.78 is -1.30. The first-order valence-electron chi connectivity index (χ1n) is 2.78. The third-order valence-corrected chi connectivity index (χ3v) is 1.32. The van der Waals surface area contributed by atoms with Gasteiger partial charge in [-0.05, 0) is 16.3 Å². The van der Waals surface area contributed by atoms with Crippen LogP contribution in [0.1, 0.15) is 5.56 Å². The van der Waals surface area contributed by atoms with Gasteiger partial charge >= 0.3 is 0 Å². The van der Waals surface area contributed by atoms with Crippen molar-refractivity contribution in [2.75, 3.05) is 0 Å². The van der Waals surface area contributed by atoms with Crippen LogP contribution in [0.3, 0.4) is 0 Å². The minimum Gasteiger partial charge on any atom is -0.264 e. The molecule has 0 amide bonds. The number of hydrogen-bond donors (Lipinski definition) is 0. The molecule has 0 N–H and O–H groups in total. The highest BCUT2D eigenvalue weighted by Crippen LogP contribution is 2.19. The molecular formula is C6H4B2ClN. The van der Waals surface area contributed by atoms with Gasteiger partial charge in [-0.3, -0.25) is 4.98 Å². The summed E-state index contributed by atoms with van der Waals surface area (Å²) in [5, 5.41) is 0. The maximum absolute atomic E-state index is 5.57. The maximum Gasteiger partial charge on any atom is 0.0896 e. The van der Waals surface area contributed by atoms with Crippen LogP contribution in [-0.4, -0.2) is 20.7 Å². The molecule has 1 aromatic rings. The minimum atomic E-state index is -1.30. The molecule has 0 bridgehead atoms. The lowest BCUT2D eigenvalue weighted by Crippen LogP contribution is -2.18. The van der Waals surface area contributed by atoms with Crippen LogP contribution in [-0.2, 0) is 4.67 Å². The molecular weight excluding hydrogens is 143 g/mol. The zero-order chi connectivity index (χ0) is 7.61. The summed E-state index contributed by atoms with van der Waals surface area (Å²) in [6.07, 6.45) is 3.17. The number of rotatable bonds is 1. The SMILES string of the molecule is [B]C([B])(Cl)c1cccnc1. The van der Waals surface area contributed by atoms with Gasteiger partial charge in [0.1, 0.15) is 0 Å². The van der Waals surface area contributed by atoms with Crippen molar-refractivity contribution in [2.45, 2.75) is 4.67 Å². The molecule has 4 radical (unpaired) electrons. The first-order valence-corrected chi connectivity index (χ1v) is 3.15. The summed E-state index contributed by atoms with van der Waals surface area (Å²) in [5.41, 5.74) is 0.608. The van der Waals surface area contributed by atoms with Crippen molar-refractivity contribution in [1.82, 2.24) is 4.98 Å². The molecule has 46 valence electrons. The fraction of sp³-hybridized carbons (Fsp3) is 0.167. The Morgan fingerprint density at radius 1 is 1.50 bits per heavy atom. The maximum atomic E-state index is 5.57. The molecule has 10 heavy (non-hydrogen) atoms. The van der Waals surface area contributed by atoms with Gasteiger partial charge in [-0.1, -0.05) is 6.07 Å². The summed E-state index contributed by atoms with van der Waals surface area (Å²) >= 11 is 5.57. The molecule has 0 saturated carbocycles. The van der Waals surface area contributed by atoms with Crippen molar-refractivity contribution in [3.05, 3.63) is 30.1 Å². The summed E-state index contributed by atoms with van der Waals surface area (Å²) in [4.78, 5) is 3.81. The van der Waals surface area contributed by atoms with Gasteiger partial charge in [0.25, 0.3) is 0 Å². The monoisotopic (exact) mass is 147 g/mol. The molecule has 0 saturated heterocycles. The van der Waals surface area contributed by atoms with E-state index in [1.165, 1.54) is 6.20 Å². The smallest absolute Gasteiger partial charge is 0.0896 e. The molecule has 0 unspecified atom stereocenters. The predicted octanol–water partition coefficient (Wildman–Crippen LogP) is 0.768. The Kier molecular flexibility index (Phi) is 2.05. The van der Waals surface area contributed by atoms with E-state index in [2.05, 4.69) is 4.98 Å². The largest absolute Gasteiger partial charge is 0.264 e. The van der Waals surface area contributed by atoms with Gasteiger partial charge in [0.05, 0.1) is 15.7 Å². The lowest BCUT2D eigenvalue weighted by Gasteiger charge is -2.15. The minimum absolute atomic E-state index is 0.608. The average Bonchev–Trinajstić information content (AvgIpc) is 1.88. The summed E-state index contributed by atoms with van der Waals surface area (Å²) in [7, 11) is 10.7. The van der Waals surface area contributed by atoms with E-state index >= 15 is 0 Å². The van der Waals surface area contributed by atoms with E-state index in [0.717, 1.165) is 0 Å². The number of halogens is 1. The first-order chi connectivity index (χ1) is 4.61. The van der Waals surface area contributed by atoms with Crippen LogP contribution in [0.5, 0.6) is 0 Å². The Labute approximate surface area is 67.6 Å². The molecule has 0 aliphatic carbocycles. The Morgan fingerprint density at radius 2 is 2.20 bits per heavy atom. The zero-order valence-corrected chi connectivity index (χ0v) is 6.05. The van der Waals surface area contributed by atoms with Crippen molar-refractivity contribution >= 4 is 27.3 Å². The van der Waals surface area contributed by atoms with Crippen LogP contribution in [0.4, 0.5) is 0 Å². The first kappa shape index (κ1) is 7.67. The lowest BCUT2D eigenvalue weighted by molar-refractivity contribution is 1.17. The highest BCUT2D eigenvalue weighted by Gasteiger charge is 2.14. The molecule has 0 aliphatic rings. The fourth-order valence-corrected chi connectivity index (χ4v) is 0.701. The third kappa shape index (κ3) is 1.77. The fourth-order valence-electron chi connectivity index (χ4n) is 0.589. The van der Waals surface area contributed by atoms with Gasteiger partial charge < -0.3 is 0 Å². The van der Waals surface area contributed by atoms with Crippen LogP contribution < -0.4 is 0 Å². The number of aromatic nitrogens is 1. The van der Waals surface area contributed by atoms with Crippen LogP contribution in [0.2, 0.25) is 0 Å². The van der Waals surface area contributed by atoms with Crippen LogP contribution in [0, 0.1) is 0 Å². The normalized spacial score (nSPS) is 11.3. The highest BCUT2D eigenvalue weighted by molar-refractivity contribution is 6.61. The standard InChI is InChI=1S/C6H4B2ClN/c7-6(8,9)5-2-1-3-10-4-5/h1-4H. The third-order valence-electron chi connectivity index (χ3n) is 1.10. The van der Waals surface area contributed by atoms with E-state index in [9.17, 15) is 0 Å². The van der Waals surface area contributed by atoms with Gasteiger partial charge in [-0.25, -0.2) is 0 Å². The summed E-state index contributed by atoms with van der Waals surface area (Å²) in [6, 6.07) is 3.45. The molecule has 1 rings (SSSR count). The van der Waals surface area contributed by atoms with E-state index < -0.39 is 4.67 Å². The van der Waals surface area contributed by atoms with E-state index in [1.807, 2.05) is 0 Å². The second kappa shape index (κ2) is 2.67. The molecule has 1 nitrogen and oxygen atoms in total. The molecule has 0 aromatic carbocycles. The second-order valence-corrected chi connectivity index (χ2v) is 2.64. The lowest BCUT2D eigenvalue weighted by atomic mass is 9.66. The van der Waals surface area contributed by atoms with E-state index in [1.54, 1.807) is 18.3 Å². The Morgan fingerprint density at radius 3 is 2.50 bits per heavy atom. The Balaban J connectivity index is 2.97. The summed E-state index contributed by atoms with van der Waals surface area (Å²) in [6.45, 7) is 0. The molecule has 0 spiro atoms. The Bertz CT molecular complexity index is 207. The second-order valence-electron chi connectivity index (χ2n) is 2.01. The predicted molar refractivity (Wildman–Crippen MR) is 43.3 cm³/mol. The summed E-state index contributed by atoms with van der Waals surface area (Å²) in [5.74, 6) is 0. The molecule has 0 atom stereocenters. The molecule has 4 heteroatoms. The van der Waals surface area contributed by atoms with Gasteiger partial charge in [0.15, 0.2) is 0 Å². The van der Waals surface area contributed by atoms with Gasteiger partial charge in [-0.15, -0.1) is 11.6 Å². The van der Waals surface area contributed by atoms with Crippen molar-refractivity contribution < 1.29 is 0 Å². The number of alkyl halides is 1. The van der Waals surface area contributed by atoms with Crippen molar-refractivity contribution in [2.24, 2.45) is 0 Å². The molecule has 1 heterocycles. The average molecular weight is 147 g/mol. The quantitative estimate of drug-likeness (QED) is 0.422. The van der Waals surface area contributed by atoms with E-state index in [0.29, 0.717) is 5.56 Å². The van der Waals surface area contributed by atoms with Crippen LogP contribution in [0.15, 0.2) is 24.5 Å². The number of nitrogens with zero attached hydrogens (tertiary/aromatic N) is 1. The number of hydrogen-bond acceptors (Lipinski definition) is 1. The van der Waals surface area contributed by atoms with Crippen molar-refractivity contribution in [3.8, 4) is 0 Å². The van der Waals surface area contributed by atoms with Gasteiger partial charge in [0, 0.05) is 12.4 Å². The van der Waals surface area contributed by atoms with Gasteiger partial charge in [0.2, 0.25) is 0 Å². The van der Waals surface area contributed by atoms with Crippen LogP contribution in [0.25, 0.3) is 0 Å². The van der Waals surface area contributed by atoms with E-state index in [4.69, 9.17) is 27.3 Å². The molecule has 0 fully saturated rings. The highest BCUT2D eigenvalue weighted by atomic mass is 35.5. The van der Waals surface area contributed by atoms with Gasteiger partial charge in [-0.2, -0.15) is 0 Å². The van der Waals surface area contributed by atoms with Crippen molar-refractivity contribution in [3.63, 3.8) is 0 Å². The van der Waals surface area contributed by atoms with E-state index in [-0.39, 0.29) is 0 Å². The molecule has 0 aliphatic heterocycles. The van der Waals surface area contributed by atoms with Crippen molar-refractivity contribution in [1.29, 1.82) is 0 Å². The topological polar surface area (TPSA) is 12.9 Å².